The minimum absolute atomic E-state index is 0.378. The molecule has 0 aliphatic carbocycles. The van der Waals surface area contributed by atoms with Crippen LogP contribution in [0.5, 0.6) is 0 Å². The highest BCUT2D eigenvalue weighted by molar-refractivity contribution is 7.80. The van der Waals surface area contributed by atoms with Crippen molar-refractivity contribution in [3.63, 3.8) is 0 Å². The van der Waals surface area contributed by atoms with Crippen LogP contribution in [0, 0.1) is 13.8 Å². The summed E-state index contributed by atoms with van der Waals surface area (Å²) in [5, 5.41) is 4.18. The molecule has 0 atom stereocenters. The Kier molecular flexibility index (Phi) is 4.04. The lowest BCUT2D eigenvalue weighted by Crippen LogP contribution is -2.23. The second kappa shape index (κ2) is 5.58. The Balaban J connectivity index is 2.38. The van der Waals surface area contributed by atoms with Crippen molar-refractivity contribution >= 4 is 22.9 Å². The Labute approximate surface area is 124 Å². The molecular weight excluding hydrogens is 270 g/mol. The fraction of sp³-hybridized carbons (Fsp3) is 0.357. The van der Waals surface area contributed by atoms with E-state index in [-0.39, 0.29) is 0 Å². The lowest BCUT2D eigenvalue weighted by atomic mass is 10.1. The van der Waals surface area contributed by atoms with E-state index in [4.69, 9.17) is 18.0 Å². The SMILES string of the molecule is Cc1cc(N(C)Cc2cnn(C)c2)c(C(N)=S)c(C)n1. The predicted octanol–water partition coefficient (Wildman–Crippen LogP) is 1.70. The Hall–Kier alpha value is -1.95. The fourth-order valence-corrected chi connectivity index (χ4v) is 2.58. The molecule has 106 valence electrons. The lowest BCUT2D eigenvalue weighted by Gasteiger charge is -2.23. The van der Waals surface area contributed by atoms with Crippen LogP contribution in [0.1, 0.15) is 22.5 Å². The molecule has 0 radical (unpaired) electrons. The number of nitrogens with zero attached hydrogens (tertiary/aromatic N) is 4. The zero-order valence-electron chi connectivity index (χ0n) is 12.2. The van der Waals surface area contributed by atoms with Gasteiger partial charge in [-0.2, -0.15) is 5.10 Å². The summed E-state index contributed by atoms with van der Waals surface area (Å²) in [6.07, 6.45) is 3.86. The quantitative estimate of drug-likeness (QED) is 0.868. The average Bonchev–Trinajstić information content (AvgIpc) is 2.72. The van der Waals surface area contributed by atoms with E-state index in [9.17, 15) is 0 Å². The molecule has 0 saturated carbocycles. The standard InChI is InChI=1S/C14H19N5S/c1-9-5-12(13(14(15)20)10(2)17-9)18(3)7-11-6-16-19(4)8-11/h5-6,8H,7H2,1-4H3,(H2,15,20). The maximum Gasteiger partial charge on any atom is 0.107 e. The Morgan fingerprint density at radius 1 is 1.45 bits per heavy atom. The van der Waals surface area contributed by atoms with Crippen LogP contribution in [0.3, 0.4) is 0 Å². The highest BCUT2D eigenvalue weighted by atomic mass is 32.1. The predicted molar refractivity (Wildman–Crippen MR) is 84.9 cm³/mol. The van der Waals surface area contributed by atoms with Crippen LogP contribution in [0.2, 0.25) is 0 Å². The minimum Gasteiger partial charge on any atom is -0.389 e. The van der Waals surface area contributed by atoms with Crippen molar-refractivity contribution < 1.29 is 0 Å². The van der Waals surface area contributed by atoms with Crippen LogP contribution in [0.4, 0.5) is 5.69 Å². The van der Waals surface area contributed by atoms with Crippen molar-refractivity contribution in [2.75, 3.05) is 11.9 Å². The Bertz CT molecular complexity index is 647. The number of thiocarbonyl (C=S) groups is 1. The minimum atomic E-state index is 0.378. The van der Waals surface area contributed by atoms with Crippen LogP contribution < -0.4 is 10.6 Å². The number of pyridine rings is 1. The summed E-state index contributed by atoms with van der Waals surface area (Å²) in [4.78, 5) is 6.93. The molecule has 2 heterocycles. The van der Waals surface area contributed by atoms with Gasteiger partial charge in [0.15, 0.2) is 0 Å². The van der Waals surface area contributed by atoms with Gasteiger partial charge in [-0.1, -0.05) is 12.2 Å². The van der Waals surface area contributed by atoms with Crippen LogP contribution in [-0.2, 0) is 13.6 Å². The van der Waals surface area contributed by atoms with Gasteiger partial charge in [0.2, 0.25) is 0 Å². The Morgan fingerprint density at radius 3 is 2.70 bits per heavy atom. The second-order valence-electron chi connectivity index (χ2n) is 4.99. The van der Waals surface area contributed by atoms with E-state index in [1.807, 2.05) is 46.4 Å². The molecule has 2 aromatic rings. The van der Waals surface area contributed by atoms with Crippen molar-refractivity contribution in [3.05, 3.63) is 41.0 Å². The van der Waals surface area contributed by atoms with Gasteiger partial charge in [-0.3, -0.25) is 9.67 Å². The molecule has 6 heteroatoms. The molecule has 20 heavy (non-hydrogen) atoms. The van der Waals surface area contributed by atoms with E-state index < -0.39 is 0 Å². The third kappa shape index (κ3) is 2.96. The Morgan fingerprint density at radius 2 is 2.15 bits per heavy atom. The highest BCUT2D eigenvalue weighted by Gasteiger charge is 2.15. The van der Waals surface area contributed by atoms with Gasteiger partial charge in [-0.15, -0.1) is 0 Å². The van der Waals surface area contributed by atoms with Gasteiger partial charge in [-0.25, -0.2) is 0 Å². The van der Waals surface area contributed by atoms with Gasteiger partial charge in [-0.05, 0) is 19.9 Å². The van der Waals surface area contributed by atoms with Crippen LogP contribution in [0.15, 0.2) is 18.5 Å². The van der Waals surface area contributed by atoms with Crippen molar-refractivity contribution in [2.45, 2.75) is 20.4 Å². The van der Waals surface area contributed by atoms with Crippen LogP contribution >= 0.6 is 12.2 Å². The third-order valence-corrected chi connectivity index (χ3v) is 3.35. The first-order valence-corrected chi connectivity index (χ1v) is 6.76. The first kappa shape index (κ1) is 14.5. The molecule has 0 aromatic carbocycles. The van der Waals surface area contributed by atoms with E-state index in [1.54, 1.807) is 4.68 Å². The first-order chi connectivity index (χ1) is 9.38. The topological polar surface area (TPSA) is 60.0 Å². The third-order valence-electron chi connectivity index (χ3n) is 3.14. The maximum atomic E-state index is 5.85. The summed E-state index contributed by atoms with van der Waals surface area (Å²) < 4.78 is 1.79. The van der Waals surface area contributed by atoms with Crippen molar-refractivity contribution in [1.29, 1.82) is 0 Å². The van der Waals surface area contributed by atoms with E-state index in [1.165, 1.54) is 0 Å². The van der Waals surface area contributed by atoms with Gasteiger partial charge >= 0.3 is 0 Å². The number of rotatable bonds is 4. The molecule has 0 saturated heterocycles. The van der Waals surface area contributed by atoms with Gasteiger partial charge in [0.25, 0.3) is 0 Å². The number of hydrogen-bond donors (Lipinski definition) is 1. The molecule has 5 nitrogen and oxygen atoms in total. The van der Waals surface area contributed by atoms with Gasteiger partial charge in [0.1, 0.15) is 4.99 Å². The van der Waals surface area contributed by atoms with Crippen molar-refractivity contribution in [3.8, 4) is 0 Å². The van der Waals surface area contributed by atoms with Gasteiger partial charge in [0, 0.05) is 43.8 Å². The van der Waals surface area contributed by atoms with Crippen molar-refractivity contribution in [2.24, 2.45) is 12.8 Å². The van der Waals surface area contributed by atoms with Crippen LogP contribution in [-0.4, -0.2) is 26.8 Å². The van der Waals surface area contributed by atoms with Gasteiger partial charge < -0.3 is 10.6 Å². The van der Waals surface area contributed by atoms with Crippen molar-refractivity contribution in [1.82, 2.24) is 14.8 Å². The molecule has 0 aliphatic heterocycles. The van der Waals surface area contributed by atoms with E-state index >= 15 is 0 Å². The second-order valence-corrected chi connectivity index (χ2v) is 5.43. The highest BCUT2D eigenvalue weighted by Crippen LogP contribution is 2.24. The first-order valence-electron chi connectivity index (χ1n) is 6.35. The number of aryl methyl sites for hydroxylation is 3. The average molecular weight is 289 g/mol. The molecule has 0 spiro atoms. The monoisotopic (exact) mass is 289 g/mol. The van der Waals surface area contributed by atoms with E-state index in [0.29, 0.717) is 4.99 Å². The number of hydrogen-bond acceptors (Lipinski definition) is 4. The number of anilines is 1. The smallest absolute Gasteiger partial charge is 0.107 e. The largest absolute Gasteiger partial charge is 0.389 e. The molecular formula is C14H19N5S. The summed E-state index contributed by atoms with van der Waals surface area (Å²) in [6.45, 7) is 4.65. The zero-order chi connectivity index (χ0) is 14.9. The molecule has 0 unspecified atom stereocenters. The molecule has 2 aromatic heterocycles. The molecule has 0 bridgehead atoms. The fourth-order valence-electron chi connectivity index (χ4n) is 2.33. The molecule has 0 aliphatic rings. The normalized spacial score (nSPS) is 10.6. The van der Waals surface area contributed by atoms with E-state index in [0.717, 1.165) is 34.7 Å². The molecule has 0 fully saturated rings. The summed E-state index contributed by atoms with van der Waals surface area (Å²) in [6, 6.07) is 2.01. The van der Waals surface area contributed by atoms with Crippen LogP contribution in [0.25, 0.3) is 0 Å². The van der Waals surface area contributed by atoms with E-state index in [2.05, 4.69) is 15.0 Å². The molecule has 2 rings (SSSR count). The molecule has 0 amide bonds. The summed E-state index contributed by atoms with van der Waals surface area (Å²) >= 11 is 5.16. The summed E-state index contributed by atoms with van der Waals surface area (Å²) in [5.74, 6) is 0. The summed E-state index contributed by atoms with van der Waals surface area (Å²) in [7, 11) is 3.92. The number of nitrogens with two attached hydrogens (primary N) is 1. The summed E-state index contributed by atoms with van der Waals surface area (Å²) in [5.41, 5.74) is 10.7. The lowest BCUT2D eigenvalue weighted by molar-refractivity contribution is 0.766. The van der Waals surface area contributed by atoms with Gasteiger partial charge in [0.05, 0.1) is 17.4 Å². The maximum absolute atomic E-state index is 5.85. The molecule has 2 N–H and O–H groups in total. The number of aromatic nitrogens is 3. The zero-order valence-corrected chi connectivity index (χ0v) is 13.0.